The van der Waals surface area contributed by atoms with Crippen molar-refractivity contribution in [2.24, 2.45) is 0 Å². The lowest BCUT2D eigenvalue weighted by atomic mass is 10.1. The van der Waals surface area contributed by atoms with Crippen molar-refractivity contribution in [3.8, 4) is 5.75 Å². The maximum atomic E-state index is 12.8. The SMILES string of the molecule is O=C(Nc1nn(C(=O)O)c2c1CN(C(=O)c1ccc(C(F)(F)F)cc1)C2)c1ccc(O)cc1. The van der Waals surface area contributed by atoms with Gasteiger partial charge in [-0.05, 0) is 48.5 Å². The number of hydrogen-bond acceptors (Lipinski definition) is 5. The van der Waals surface area contributed by atoms with E-state index in [1.54, 1.807) is 0 Å². The molecular weight excluding hydrogens is 445 g/mol. The van der Waals surface area contributed by atoms with E-state index < -0.39 is 29.6 Å². The Hall–Kier alpha value is -4.35. The fourth-order valence-corrected chi connectivity index (χ4v) is 3.42. The van der Waals surface area contributed by atoms with Crippen LogP contribution in [0.4, 0.5) is 23.8 Å². The molecule has 0 fully saturated rings. The molecule has 0 saturated carbocycles. The monoisotopic (exact) mass is 460 g/mol. The van der Waals surface area contributed by atoms with E-state index in [2.05, 4.69) is 10.4 Å². The summed E-state index contributed by atoms with van der Waals surface area (Å²) in [5.41, 5.74) is -0.266. The van der Waals surface area contributed by atoms with Crippen molar-refractivity contribution in [2.75, 3.05) is 5.32 Å². The van der Waals surface area contributed by atoms with E-state index in [4.69, 9.17) is 0 Å². The number of carbonyl (C=O) groups excluding carboxylic acids is 2. The lowest BCUT2D eigenvalue weighted by Gasteiger charge is -2.17. The summed E-state index contributed by atoms with van der Waals surface area (Å²) in [5.74, 6) is -1.32. The van der Waals surface area contributed by atoms with Gasteiger partial charge in [0.05, 0.1) is 24.3 Å². The van der Waals surface area contributed by atoms with Crippen LogP contribution in [0.25, 0.3) is 0 Å². The summed E-state index contributed by atoms with van der Waals surface area (Å²) >= 11 is 0. The second-order valence-corrected chi connectivity index (χ2v) is 7.21. The Labute approximate surface area is 183 Å². The lowest BCUT2D eigenvalue weighted by Crippen LogP contribution is -2.27. The maximum absolute atomic E-state index is 12.8. The zero-order valence-electron chi connectivity index (χ0n) is 16.6. The number of amides is 2. The van der Waals surface area contributed by atoms with Crippen LogP contribution in [-0.2, 0) is 19.3 Å². The van der Waals surface area contributed by atoms with Gasteiger partial charge in [-0.15, -0.1) is 5.10 Å². The van der Waals surface area contributed by atoms with Crippen LogP contribution in [0, 0.1) is 0 Å². The van der Waals surface area contributed by atoms with Gasteiger partial charge in [0.1, 0.15) is 5.75 Å². The molecule has 3 N–H and O–H groups in total. The van der Waals surface area contributed by atoms with E-state index in [9.17, 15) is 37.8 Å². The van der Waals surface area contributed by atoms with Gasteiger partial charge in [-0.3, -0.25) is 9.59 Å². The molecule has 0 spiro atoms. The number of aromatic nitrogens is 2. The van der Waals surface area contributed by atoms with Gasteiger partial charge in [-0.2, -0.15) is 17.9 Å². The number of phenolic OH excluding ortho intramolecular Hbond substituents is 1. The predicted molar refractivity (Wildman–Crippen MR) is 107 cm³/mol. The van der Waals surface area contributed by atoms with Gasteiger partial charge < -0.3 is 20.4 Å². The summed E-state index contributed by atoms with van der Waals surface area (Å²) in [5, 5.41) is 25.2. The molecule has 0 unspecified atom stereocenters. The molecule has 1 aliphatic rings. The molecule has 12 heteroatoms. The van der Waals surface area contributed by atoms with Crippen LogP contribution in [0.5, 0.6) is 5.75 Å². The van der Waals surface area contributed by atoms with Crippen molar-refractivity contribution in [1.29, 1.82) is 0 Å². The minimum atomic E-state index is -4.54. The summed E-state index contributed by atoms with van der Waals surface area (Å²) in [6.07, 6.45) is -5.97. The van der Waals surface area contributed by atoms with E-state index >= 15 is 0 Å². The molecule has 4 rings (SSSR count). The lowest BCUT2D eigenvalue weighted by molar-refractivity contribution is -0.137. The Morgan fingerprint density at radius 1 is 0.939 bits per heavy atom. The van der Waals surface area contributed by atoms with Crippen LogP contribution >= 0.6 is 0 Å². The van der Waals surface area contributed by atoms with Crippen molar-refractivity contribution in [2.45, 2.75) is 19.3 Å². The Morgan fingerprint density at radius 3 is 2.12 bits per heavy atom. The van der Waals surface area contributed by atoms with Crippen LogP contribution in [-0.4, -0.2) is 42.8 Å². The number of phenols is 1. The summed E-state index contributed by atoms with van der Waals surface area (Å²) in [6, 6.07) is 9.01. The number of fused-ring (bicyclic) bond motifs is 1. The molecular formula is C21H15F3N4O5. The van der Waals surface area contributed by atoms with Gasteiger partial charge in [0.15, 0.2) is 5.82 Å². The number of hydrogen-bond donors (Lipinski definition) is 3. The number of carboxylic acid groups (broad SMARTS) is 1. The first-order chi connectivity index (χ1) is 15.5. The molecule has 2 heterocycles. The molecule has 33 heavy (non-hydrogen) atoms. The number of anilines is 1. The zero-order chi connectivity index (χ0) is 23.9. The van der Waals surface area contributed by atoms with Gasteiger partial charge in [-0.25, -0.2) is 4.79 Å². The molecule has 3 aromatic rings. The van der Waals surface area contributed by atoms with E-state index in [0.29, 0.717) is 10.2 Å². The fourth-order valence-electron chi connectivity index (χ4n) is 3.42. The maximum Gasteiger partial charge on any atom is 0.432 e. The number of nitrogens with one attached hydrogen (secondary N) is 1. The first-order valence-corrected chi connectivity index (χ1v) is 9.45. The van der Waals surface area contributed by atoms with Crippen LogP contribution in [0.1, 0.15) is 37.5 Å². The summed E-state index contributed by atoms with van der Waals surface area (Å²) < 4.78 is 38.9. The van der Waals surface area contributed by atoms with Gasteiger partial charge in [-0.1, -0.05) is 0 Å². The largest absolute Gasteiger partial charge is 0.508 e. The standard InChI is InChI=1S/C21H15F3N4O5/c22-21(23,24)13-5-1-12(2-6-13)19(31)27-9-15-16(10-27)28(20(32)33)26-17(15)25-18(30)11-3-7-14(29)8-4-11/h1-8,29H,9-10H2,(H,32,33)(H,25,26,30). The highest BCUT2D eigenvalue weighted by Gasteiger charge is 2.34. The van der Waals surface area contributed by atoms with Crippen molar-refractivity contribution in [1.82, 2.24) is 14.7 Å². The van der Waals surface area contributed by atoms with E-state index in [1.807, 2.05) is 0 Å². The van der Waals surface area contributed by atoms with Gasteiger partial charge in [0.2, 0.25) is 0 Å². The van der Waals surface area contributed by atoms with E-state index in [0.717, 1.165) is 24.3 Å². The average Bonchev–Trinajstić information content (AvgIpc) is 3.33. The van der Waals surface area contributed by atoms with Gasteiger partial charge in [0, 0.05) is 16.7 Å². The minimum Gasteiger partial charge on any atom is -0.508 e. The summed E-state index contributed by atoms with van der Waals surface area (Å²) in [6.45, 7) is -0.267. The normalized spacial score (nSPS) is 13.0. The van der Waals surface area contributed by atoms with Crippen molar-refractivity contribution < 1.29 is 37.8 Å². The van der Waals surface area contributed by atoms with Crippen LogP contribution in [0.15, 0.2) is 48.5 Å². The first-order valence-electron chi connectivity index (χ1n) is 9.45. The van der Waals surface area contributed by atoms with Gasteiger partial charge >= 0.3 is 12.3 Å². The Kier molecular flexibility index (Phi) is 5.28. The smallest absolute Gasteiger partial charge is 0.432 e. The number of rotatable bonds is 3. The third kappa shape index (κ3) is 4.22. The summed E-state index contributed by atoms with van der Waals surface area (Å²) in [7, 11) is 0. The number of carbonyl (C=O) groups is 3. The predicted octanol–water partition coefficient (Wildman–Crippen LogP) is 3.54. The molecule has 0 saturated heterocycles. The van der Waals surface area contributed by atoms with E-state index in [-0.39, 0.29) is 41.5 Å². The molecule has 2 aromatic carbocycles. The van der Waals surface area contributed by atoms with Crippen LogP contribution in [0.3, 0.4) is 0 Å². The molecule has 0 bridgehead atoms. The molecule has 1 aliphatic heterocycles. The number of alkyl halides is 3. The van der Waals surface area contributed by atoms with E-state index in [1.165, 1.54) is 29.2 Å². The Bertz CT molecular complexity index is 1250. The second-order valence-electron chi connectivity index (χ2n) is 7.21. The molecule has 170 valence electrons. The molecule has 0 atom stereocenters. The highest BCUT2D eigenvalue weighted by Crippen LogP contribution is 2.32. The van der Waals surface area contributed by atoms with Crippen LogP contribution in [0.2, 0.25) is 0 Å². The highest BCUT2D eigenvalue weighted by atomic mass is 19.4. The van der Waals surface area contributed by atoms with Crippen molar-refractivity contribution in [3.63, 3.8) is 0 Å². The molecule has 9 nitrogen and oxygen atoms in total. The Balaban J connectivity index is 1.57. The third-order valence-electron chi connectivity index (χ3n) is 5.07. The topological polar surface area (TPSA) is 125 Å². The van der Waals surface area contributed by atoms with Crippen molar-refractivity contribution >= 4 is 23.7 Å². The first kappa shape index (κ1) is 21.9. The number of halogens is 3. The average molecular weight is 460 g/mol. The van der Waals surface area contributed by atoms with Gasteiger partial charge in [0.25, 0.3) is 11.8 Å². The quantitative estimate of drug-likeness (QED) is 0.549. The molecule has 1 aromatic heterocycles. The minimum absolute atomic E-state index is 0.00216. The number of benzene rings is 2. The highest BCUT2D eigenvalue weighted by molar-refractivity contribution is 6.04. The summed E-state index contributed by atoms with van der Waals surface area (Å²) in [4.78, 5) is 38.1. The molecule has 0 radical (unpaired) electrons. The van der Waals surface area contributed by atoms with Crippen molar-refractivity contribution in [3.05, 3.63) is 76.5 Å². The Morgan fingerprint density at radius 2 is 1.55 bits per heavy atom. The number of aromatic hydroxyl groups is 1. The van der Waals surface area contributed by atoms with Crippen LogP contribution < -0.4 is 5.32 Å². The number of nitrogens with zero attached hydrogens (tertiary/aromatic N) is 3. The molecule has 0 aliphatic carbocycles. The fraction of sp³-hybridized carbons (Fsp3) is 0.143. The third-order valence-corrected chi connectivity index (χ3v) is 5.07. The zero-order valence-corrected chi connectivity index (χ0v) is 16.6. The second kappa shape index (κ2) is 7.97. The molecule has 2 amide bonds.